The summed E-state index contributed by atoms with van der Waals surface area (Å²) in [5.74, 6) is -0.952. The predicted molar refractivity (Wildman–Crippen MR) is 99.5 cm³/mol. The largest absolute Gasteiger partial charge is 0.458 e. The Morgan fingerprint density at radius 2 is 1.85 bits per heavy atom. The van der Waals surface area contributed by atoms with Gasteiger partial charge in [-0.3, -0.25) is 18.8 Å². The van der Waals surface area contributed by atoms with Crippen LogP contribution < -0.4 is 10.9 Å². The van der Waals surface area contributed by atoms with Crippen molar-refractivity contribution in [3.8, 4) is 0 Å². The number of pyridine rings is 1. The Balaban J connectivity index is 1.60. The van der Waals surface area contributed by atoms with Crippen LogP contribution in [0.25, 0.3) is 5.65 Å². The number of aryl methyl sites for hydroxylation is 2. The van der Waals surface area contributed by atoms with Crippen LogP contribution in [0.1, 0.15) is 27.2 Å². The summed E-state index contributed by atoms with van der Waals surface area (Å²) in [6.45, 7) is 3.26. The van der Waals surface area contributed by atoms with E-state index in [1.165, 1.54) is 10.5 Å². The van der Waals surface area contributed by atoms with E-state index in [0.29, 0.717) is 16.9 Å². The minimum Gasteiger partial charge on any atom is -0.458 e. The van der Waals surface area contributed by atoms with Gasteiger partial charge in [-0.05, 0) is 37.1 Å². The molecule has 138 valence electrons. The van der Waals surface area contributed by atoms with Gasteiger partial charge in [0, 0.05) is 17.8 Å². The number of rotatable bonds is 5. The quantitative estimate of drug-likeness (QED) is 0.696. The van der Waals surface area contributed by atoms with Crippen molar-refractivity contribution in [2.75, 3.05) is 6.54 Å². The van der Waals surface area contributed by atoms with E-state index in [0.717, 1.165) is 11.1 Å². The maximum atomic E-state index is 12.1. The van der Waals surface area contributed by atoms with E-state index >= 15 is 0 Å². The standard InChI is InChI=1S/C20H19N3O4/c1-13-6-3-4-8-16(13)20(26)21-11-18(25)27-12-15-10-17(24)23-9-5-7-14(2)19(23)22-15/h3-10H,11-12H2,1-2H3,(H,21,26). The maximum Gasteiger partial charge on any atom is 0.325 e. The molecule has 7 heteroatoms. The SMILES string of the molecule is Cc1ccccc1C(=O)NCC(=O)OCc1cc(=O)n2cccc(C)c2n1. The van der Waals surface area contributed by atoms with Crippen LogP contribution in [0.2, 0.25) is 0 Å². The number of fused-ring (bicyclic) bond motifs is 1. The number of benzene rings is 1. The van der Waals surface area contributed by atoms with E-state index in [1.807, 2.05) is 32.0 Å². The first-order chi connectivity index (χ1) is 13.0. The van der Waals surface area contributed by atoms with Gasteiger partial charge in [0.15, 0.2) is 0 Å². The lowest BCUT2D eigenvalue weighted by molar-refractivity contribution is -0.143. The van der Waals surface area contributed by atoms with Gasteiger partial charge in [0.1, 0.15) is 18.8 Å². The number of carbonyl (C=O) groups excluding carboxylic acids is 2. The number of ether oxygens (including phenoxy) is 1. The highest BCUT2D eigenvalue weighted by Gasteiger charge is 2.12. The maximum absolute atomic E-state index is 12.1. The molecular weight excluding hydrogens is 346 g/mol. The summed E-state index contributed by atoms with van der Waals surface area (Å²) in [4.78, 5) is 40.5. The highest BCUT2D eigenvalue weighted by atomic mass is 16.5. The van der Waals surface area contributed by atoms with E-state index in [9.17, 15) is 14.4 Å². The van der Waals surface area contributed by atoms with Crippen molar-refractivity contribution in [1.29, 1.82) is 0 Å². The zero-order valence-corrected chi connectivity index (χ0v) is 15.1. The molecule has 0 radical (unpaired) electrons. The van der Waals surface area contributed by atoms with Gasteiger partial charge >= 0.3 is 5.97 Å². The third kappa shape index (κ3) is 4.20. The molecule has 2 aromatic heterocycles. The molecule has 27 heavy (non-hydrogen) atoms. The van der Waals surface area contributed by atoms with E-state index in [2.05, 4.69) is 10.3 Å². The Bertz CT molecular complexity index is 1070. The zero-order valence-electron chi connectivity index (χ0n) is 15.1. The van der Waals surface area contributed by atoms with Gasteiger partial charge in [0.05, 0.1) is 5.69 Å². The summed E-state index contributed by atoms with van der Waals surface area (Å²) >= 11 is 0. The number of hydrogen-bond acceptors (Lipinski definition) is 5. The highest BCUT2D eigenvalue weighted by Crippen LogP contribution is 2.07. The lowest BCUT2D eigenvalue weighted by Crippen LogP contribution is -2.31. The molecule has 1 N–H and O–H groups in total. The third-order valence-corrected chi connectivity index (χ3v) is 4.10. The van der Waals surface area contributed by atoms with Crippen molar-refractivity contribution in [2.24, 2.45) is 0 Å². The predicted octanol–water partition coefficient (Wildman–Crippen LogP) is 1.78. The normalized spacial score (nSPS) is 10.6. The summed E-state index contributed by atoms with van der Waals surface area (Å²) < 4.78 is 6.56. The van der Waals surface area contributed by atoms with Crippen LogP contribution in [-0.2, 0) is 16.1 Å². The smallest absolute Gasteiger partial charge is 0.325 e. The molecule has 3 rings (SSSR count). The van der Waals surface area contributed by atoms with Crippen molar-refractivity contribution < 1.29 is 14.3 Å². The monoisotopic (exact) mass is 365 g/mol. The highest BCUT2D eigenvalue weighted by molar-refractivity contribution is 5.97. The fourth-order valence-electron chi connectivity index (χ4n) is 2.66. The Hall–Kier alpha value is -3.48. The van der Waals surface area contributed by atoms with E-state index in [1.54, 1.807) is 24.4 Å². The summed E-state index contributed by atoms with van der Waals surface area (Å²) in [6, 6.07) is 12.0. The van der Waals surface area contributed by atoms with Gasteiger partial charge in [0.25, 0.3) is 11.5 Å². The zero-order chi connectivity index (χ0) is 19.4. The van der Waals surface area contributed by atoms with Crippen LogP contribution in [0.4, 0.5) is 0 Å². The van der Waals surface area contributed by atoms with Gasteiger partial charge < -0.3 is 10.1 Å². The lowest BCUT2D eigenvalue weighted by Gasteiger charge is -2.09. The molecule has 2 heterocycles. The Kier molecular flexibility index (Phi) is 5.30. The molecule has 7 nitrogen and oxygen atoms in total. The molecule has 0 spiro atoms. The number of nitrogens with one attached hydrogen (secondary N) is 1. The van der Waals surface area contributed by atoms with Crippen LogP contribution >= 0.6 is 0 Å². The van der Waals surface area contributed by atoms with Crippen LogP contribution in [0.5, 0.6) is 0 Å². The molecule has 3 aromatic rings. The van der Waals surface area contributed by atoms with Gasteiger partial charge in [-0.1, -0.05) is 24.3 Å². The summed E-state index contributed by atoms with van der Waals surface area (Å²) in [5, 5.41) is 2.53. The van der Waals surface area contributed by atoms with Crippen molar-refractivity contribution in [3.05, 3.63) is 81.4 Å². The van der Waals surface area contributed by atoms with Crippen molar-refractivity contribution in [1.82, 2.24) is 14.7 Å². The number of aromatic nitrogens is 2. The number of amides is 1. The van der Waals surface area contributed by atoms with E-state index < -0.39 is 5.97 Å². The van der Waals surface area contributed by atoms with Crippen LogP contribution in [0.3, 0.4) is 0 Å². The minimum atomic E-state index is -0.608. The van der Waals surface area contributed by atoms with E-state index in [-0.39, 0.29) is 24.6 Å². The van der Waals surface area contributed by atoms with Gasteiger partial charge in [0.2, 0.25) is 0 Å². The second-order valence-corrected chi connectivity index (χ2v) is 6.13. The Morgan fingerprint density at radius 1 is 1.11 bits per heavy atom. The van der Waals surface area contributed by atoms with Crippen LogP contribution in [0.15, 0.2) is 53.5 Å². The molecule has 0 atom stereocenters. The average molecular weight is 365 g/mol. The molecule has 0 bridgehead atoms. The fourth-order valence-corrected chi connectivity index (χ4v) is 2.66. The molecule has 0 unspecified atom stereocenters. The molecule has 0 aliphatic carbocycles. The topological polar surface area (TPSA) is 89.8 Å². The van der Waals surface area contributed by atoms with E-state index in [4.69, 9.17) is 4.74 Å². The molecule has 0 aliphatic heterocycles. The molecule has 1 amide bonds. The van der Waals surface area contributed by atoms with Gasteiger partial charge in [-0.2, -0.15) is 0 Å². The lowest BCUT2D eigenvalue weighted by atomic mass is 10.1. The number of carbonyl (C=O) groups is 2. The molecule has 1 aromatic carbocycles. The second-order valence-electron chi connectivity index (χ2n) is 6.13. The minimum absolute atomic E-state index is 0.140. The first kappa shape index (κ1) is 18.3. The number of nitrogens with zero attached hydrogens (tertiary/aromatic N) is 2. The molecular formula is C20H19N3O4. The Morgan fingerprint density at radius 3 is 2.63 bits per heavy atom. The van der Waals surface area contributed by atoms with Crippen LogP contribution in [-0.4, -0.2) is 27.8 Å². The molecule has 0 fully saturated rings. The summed E-state index contributed by atoms with van der Waals surface area (Å²) in [6.07, 6.45) is 1.63. The average Bonchev–Trinajstić information content (AvgIpc) is 2.65. The summed E-state index contributed by atoms with van der Waals surface area (Å²) in [7, 11) is 0. The summed E-state index contributed by atoms with van der Waals surface area (Å²) in [5.41, 5.74) is 2.79. The first-order valence-corrected chi connectivity index (χ1v) is 8.43. The van der Waals surface area contributed by atoms with Crippen molar-refractivity contribution in [2.45, 2.75) is 20.5 Å². The van der Waals surface area contributed by atoms with Gasteiger partial charge in [-0.15, -0.1) is 0 Å². The first-order valence-electron chi connectivity index (χ1n) is 8.43. The molecule has 0 aliphatic rings. The number of hydrogen-bond donors (Lipinski definition) is 1. The Labute approximate surface area is 155 Å². The third-order valence-electron chi connectivity index (χ3n) is 4.10. The van der Waals surface area contributed by atoms with Crippen LogP contribution in [0, 0.1) is 13.8 Å². The van der Waals surface area contributed by atoms with Crippen molar-refractivity contribution in [3.63, 3.8) is 0 Å². The van der Waals surface area contributed by atoms with Crippen molar-refractivity contribution >= 4 is 17.5 Å². The number of esters is 1. The molecule has 0 saturated carbocycles. The molecule has 0 saturated heterocycles. The van der Waals surface area contributed by atoms with Gasteiger partial charge in [-0.25, -0.2) is 4.98 Å². The fraction of sp³-hybridized carbons (Fsp3) is 0.200. The second kappa shape index (κ2) is 7.82.